The molecule has 82 valence electrons. The average molecular weight is 219 g/mol. The summed E-state index contributed by atoms with van der Waals surface area (Å²) in [7, 11) is -3.15. The van der Waals surface area contributed by atoms with Crippen molar-refractivity contribution in [3.63, 3.8) is 0 Å². The lowest BCUT2D eigenvalue weighted by molar-refractivity contribution is -0.116. The van der Waals surface area contributed by atoms with Crippen molar-refractivity contribution in [1.82, 2.24) is 5.32 Å². The van der Waals surface area contributed by atoms with E-state index in [9.17, 15) is 13.2 Å². The third-order valence-electron chi connectivity index (χ3n) is 2.01. The van der Waals surface area contributed by atoms with Crippen LogP contribution in [0.3, 0.4) is 0 Å². The second-order valence-corrected chi connectivity index (χ2v) is 6.40. The van der Waals surface area contributed by atoms with Crippen LogP contribution in [0.15, 0.2) is 12.2 Å². The standard InChI is InChI=1S/C9H17NO3S/c1-5-6-8(11)10-7-9(2,3)14(4,12)13/h5-6H,7H2,1-4H3,(H,10,11). The SMILES string of the molecule is CC=CC(=O)NCC(C)(C)S(C)(=O)=O. The third-order valence-corrected chi connectivity index (χ3v) is 4.16. The van der Waals surface area contributed by atoms with E-state index in [-0.39, 0.29) is 12.5 Å². The molecule has 0 aromatic heterocycles. The molecule has 0 bridgehead atoms. The van der Waals surface area contributed by atoms with Crippen molar-refractivity contribution in [2.75, 3.05) is 12.8 Å². The molecule has 0 heterocycles. The molecule has 0 radical (unpaired) electrons. The van der Waals surface area contributed by atoms with Gasteiger partial charge in [-0.05, 0) is 26.8 Å². The smallest absolute Gasteiger partial charge is 0.243 e. The molecular formula is C9H17NO3S. The van der Waals surface area contributed by atoms with Crippen LogP contribution in [-0.2, 0) is 14.6 Å². The van der Waals surface area contributed by atoms with E-state index in [2.05, 4.69) is 5.32 Å². The van der Waals surface area contributed by atoms with Gasteiger partial charge >= 0.3 is 0 Å². The Balaban J connectivity index is 4.34. The number of carbonyl (C=O) groups is 1. The van der Waals surface area contributed by atoms with Crippen molar-refractivity contribution in [3.8, 4) is 0 Å². The van der Waals surface area contributed by atoms with Crippen LogP contribution in [0.5, 0.6) is 0 Å². The normalized spacial score (nSPS) is 13.1. The monoisotopic (exact) mass is 219 g/mol. The second kappa shape index (κ2) is 4.59. The number of nitrogens with one attached hydrogen (secondary N) is 1. The van der Waals surface area contributed by atoms with Crippen LogP contribution in [0.25, 0.3) is 0 Å². The molecule has 0 aliphatic rings. The van der Waals surface area contributed by atoms with Gasteiger partial charge in [0.15, 0.2) is 9.84 Å². The van der Waals surface area contributed by atoms with Crippen molar-refractivity contribution >= 4 is 15.7 Å². The van der Waals surface area contributed by atoms with Gasteiger partial charge in [-0.2, -0.15) is 0 Å². The highest BCUT2D eigenvalue weighted by Gasteiger charge is 2.30. The minimum Gasteiger partial charge on any atom is -0.351 e. The second-order valence-electron chi connectivity index (χ2n) is 3.75. The molecule has 0 spiro atoms. The fraction of sp³-hybridized carbons (Fsp3) is 0.667. The molecular weight excluding hydrogens is 202 g/mol. The van der Waals surface area contributed by atoms with Crippen LogP contribution in [0.1, 0.15) is 20.8 Å². The molecule has 0 unspecified atom stereocenters. The number of rotatable bonds is 4. The zero-order chi connectivity index (χ0) is 11.4. The minimum atomic E-state index is -3.15. The maximum Gasteiger partial charge on any atom is 0.243 e. The fourth-order valence-corrected chi connectivity index (χ4v) is 0.976. The van der Waals surface area contributed by atoms with Gasteiger partial charge in [-0.25, -0.2) is 8.42 Å². The highest BCUT2D eigenvalue weighted by Crippen LogP contribution is 2.13. The first-order chi connectivity index (χ1) is 6.20. The lowest BCUT2D eigenvalue weighted by Gasteiger charge is -2.22. The molecule has 1 N–H and O–H groups in total. The van der Waals surface area contributed by atoms with Gasteiger partial charge in [0.25, 0.3) is 0 Å². The van der Waals surface area contributed by atoms with Gasteiger partial charge in [-0.15, -0.1) is 0 Å². The van der Waals surface area contributed by atoms with E-state index >= 15 is 0 Å². The number of allylic oxidation sites excluding steroid dienone is 1. The van der Waals surface area contributed by atoms with Crippen LogP contribution in [0, 0.1) is 0 Å². The van der Waals surface area contributed by atoms with Gasteiger partial charge in [0.05, 0.1) is 4.75 Å². The lowest BCUT2D eigenvalue weighted by Crippen LogP contribution is -2.43. The van der Waals surface area contributed by atoms with E-state index in [1.165, 1.54) is 6.08 Å². The van der Waals surface area contributed by atoms with Crippen molar-refractivity contribution in [2.24, 2.45) is 0 Å². The Hall–Kier alpha value is -0.840. The largest absolute Gasteiger partial charge is 0.351 e. The predicted octanol–water partition coefficient (Wildman–Crippen LogP) is 0.502. The van der Waals surface area contributed by atoms with Crippen molar-refractivity contribution in [3.05, 3.63) is 12.2 Å². The molecule has 0 atom stereocenters. The van der Waals surface area contributed by atoms with Crippen molar-refractivity contribution in [2.45, 2.75) is 25.5 Å². The summed E-state index contributed by atoms with van der Waals surface area (Å²) >= 11 is 0. The van der Waals surface area contributed by atoms with Gasteiger partial charge in [0, 0.05) is 12.8 Å². The Morgan fingerprint density at radius 3 is 2.29 bits per heavy atom. The molecule has 0 aliphatic carbocycles. The zero-order valence-electron chi connectivity index (χ0n) is 8.99. The molecule has 0 fully saturated rings. The van der Waals surface area contributed by atoms with Crippen LogP contribution in [0.4, 0.5) is 0 Å². The molecule has 0 aromatic carbocycles. The highest BCUT2D eigenvalue weighted by atomic mass is 32.2. The van der Waals surface area contributed by atoms with E-state index in [0.717, 1.165) is 6.26 Å². The first-order valence-electron chi connectivity index (χ1n) is 4.31. The Morgan fingerprint density at radius 1 is 1.43 bits per heavy atom. The molecule has 4 nitrogen and oxygen atoms in total. The van der Waals surface area contributed by atoms with Crippen LogP contribution < -0.4 is 5.32 Å². The highest BCUT2D eigenvalue weighted by molar-refractivity contribution is 7.92. The Labute approximate surface area is 85.3 Å². The molecule has 0 rings (SSSR count). The quantitative estimate of drug-likeness (QED) is 0.700. The molecule has 0 saturated carbocycles. The van der Waals surface area contributed by atoms with E-state index in [1.807, 2.05) is 0 Å². The Bertz CT molecular complexity index is 328. The number of hydrogen-bond donors (Lipinski definition) is 1. The molecule has 0 saturated heterocycles. The van der Waals surface area contributed by atoms with E-state index < -0.39 is 14.6 Å². The molecule has 0 aromatic rings. The van der Waals surface area contributed by atoms with Crippen molar-refractivity contribution in [1.29, 1.82) is 0 Å². The topological polar surface area (TPSA) is 63.2 Å². The first kappa shape index (κ1) is 13.2. The summed E-state index contributed by atoms with van der Waals surface area (Å²) in [6, 6.07) is 0. The Kier molecular flexibility index (Phi) is 4.32. The number of amides is 1. The molecule has 1 amide bonds. The zero-order valence-corrected chi connectivity index (χ0v) is 9.81. The molecule has 0 aliphatic heterocycles. The molecule has 14 heavy (non-hydrogen) atoms. The van der Waals surface area contributed by atoms with E-state index in [4.69, 9.17) is 0 Å². The van der Waals surface area contributed by atoms with Crippen LogP contribution in [0.2, 0.25) is 0 Å². The minimum absolute atomic E-state index is 0.120. The van der Waals surface area contributed by atoms with Gasteiger partial charge in [-0.1, -0.05) is 6.08 Å². The maximum atomic E-state index is 11.3. The summed E-state index contributed by atoms with van der Waals surface area (Å²) in [6.07, 6.45) is 4.12. The number of sulfone groups is 1. The number of carbonyl (C=O) groups excluding carboxylic acids is 1. The average Bonchev–Trinajstić information content (AvgIpc) is 1.99. The molecule has 5 heteroatoms. The van der Waals surface area contributed by atoms with E-state index in [0.29, 0.717) is 0 Å². The predicted molar refractivity (Wildman–Crippen MR) is 56.7 cm³/mol. The summed E-state index contributed by atoms with van der Waals surface area (Å²) in [5.41, 5.74) is 0. The van der Waals surface area contributed by atoms with Gasteiger partial charge in [0.2, 0.25) is 5.91 Å². The van der Waals surface area contributed by atoms with Crippen molar-refractivity contribution < 1.29 is 13.2 Å². The maximum absolute atomic E-state index is 11.3. The third kappa shape index (κ3) is 3.91. The summed E-state index contributed by atoms with van der Waals surface area (Å²) in [6.45, 7) is 5.01. The van der Waals surface area contributed by atoms with Gasteiger partial charge in [-0.3, -0.25) is 4.79 Å². The Morgan fingerprint density at radius 2 is 1.93 bits per heavy atom. The number of hydrogen-bond acceptors (Lipinski definition) is 3. The summed E-state index contributed by atoms with van der Waals surface area (Å²) in [5.74, 6) is -0.274. The van der Waals surface area contributed by atoms with Crippen LogP contribution >= 0.6 is 0 Å². The van der Waals surface area contributed by atoms with Crippen LogP contribution in [-0.4, -0.2) is 31.9 Å². The lowest BCUT2D eigenvalue weighted by atomic mass is 10.2. The van der Waals surface area contributed by atoms with E-state index in [1.54, 1.807) is 26.8 Å². The van der Waals surface area contributed by atoms with Gasteiger partial charge < -0.3 is 5.32 Å². The summed E-state index contributed by atoms with van der Waals surface area (Å²) in [5, 5.41) is 2.53. The summed E-state index contributed by atoms with van der Waals surface area (Å²) < 4.78 is 21.6. The fourth-order valence-electron chi connectivity index (χ4n) is 0.641. The van der Waals surface area contributed by atoms with Gasteiger partial charge in [0.1, 0.15) is 0 Å². The summed E-state index contributed by atoms with van der Waals surface area (Å²) in [4.78, 5) is 11.0. The first-order valence-corrected chi connectivity index (χ1v) is 6.20.